The molecule has 103 heavy (non-hydrogen) atoms. The zero-order chi connectivity index (χ0) is 76.9. The molecule has 3 aromatic heterocycles. The maximum absolute atomic E-state index is 12.9. The molecule has 3 aliphatic heterocycles. The van der Waals surface area contributed by atoms with Crippen molar-refractivity contribution in [3.8, 4) is 0 Å². The van der Waals surface area contributed by atoms with Crippen LogP contribution in [0.5, 0.6) is 0 Å². The van der Waals surface area contributed by atoms with Crippen LogP contribution in [0.3, 0.4) is 0 Å². The number of hydrogen-bond acceptors (Lipinski definition) is 25. The Morgan fingerprint density at radius 2 is 0.650 bits per heavy atom. The Kier molecular flexibility index (Phi) is 40.1. The summed E-state index contributed by atoms with van der Waals surface area (Å²) in [7, 11) is 7.63. The first-order valence-corrected chi connectivity index (χ1v) is 35.2. The number of aliphatic carboxylic acids is 2. The number of nitrogens with one attached hydrogen (secondary N) is 2. The van der Waals surface area contributed by atoms with Gasteiger partial charge in [-0.15, -0.1) is 0 Å². The van der Waals surface area contributed by atoms with Crippen LogP contribution in [0.25, 0.3) is 0 Å². The Morgan fingerprint density at radius 1 is 0.408 bits per heavy atom. The predicted molar refractivity (Wildman–Crippen MR) is 384 cm³/mol. The van der Waals surface area contributed by atoms with E-state index in [1.165, 1.54) is 38.6 Å². The summed E-state index contributed by atoms with van der Waals surface area (Å²) in [5.41, 5.74) is 3.46. The molecule has 5 amide bonds. The second-order valence-electron chi connectivity index (χ2n) is 27.8. The van der Waals surface area contributed by atoms with Gasteiger partial charge in [0.15, 0.2) is 0 Å². The second kappa shape index (κ2) is 46.2. The van der Waals surface area contributed by atoms with Gasteiger partial charge >= 0.3 is 29.8 Å². The Morgan fingerprint density at radius 3 is 0.913 bits per heavy atom. The normalized spacial score (nSPS) is 15.5. The van der Waals surface area contributed by atoms with Crippen molar-refractivity contribution in [3.05, 3.63) is 88.8 Å². The second-order valence-corrected chi connectivity index (χ2v) is 28.4. The molecule has 0 aliphatic carbocycles. The van der Waals surface area contributed by atoms with Crippen LogP contribution in [0.1, 0.15) is 96.5 Å². The summed E-state index contributed by atoms with van der Waals surface area (Å²) in [6.45, 7) is 25.1. The topological polar surface area (TPSA) is 358 Å². The number of aromatic nitrogens is 3. The van der Waals surface area contributed by atoms with Gasteiger partial charge in [-0.2, -0.15) is 0 Å². The minimum Gasteiger partial charge on any atom is -0.480 e. The molecule has 3 aliphatic rings. The fourth-order valence-corrected chi connectivity index (χ4v) is 10.0. The molecular formula is C70H111BrN14O18. The highest BCUT2D eigenvalue weighted by atomic mass is 79.9. The van der Waals surface area contributed by atoms with Crippen LogP contribution in [0.4, 0.5) is 0 Å². The van der Waals surface area contributed by atoms with Gasteiger partial charge in [0, 0.05) is 114 Å². The van der Waals surface area contributed by atoms with Gasteiger partial charge < -0.3 is 73.8 Å². The van der Waals surface area contributed by atoms with Crippen molar-refractivity contribution >= 4 is 75.3 Å². The molecule has 0 radical (unpaired) electrons. The van der Waals surface area contributed by atoms with Crippen LogP contribution < -0.4 is 10.6 Å². The number of pyridine rings is 3. The minimum atomic E-state index is -1.07. The maximum atomic E-state index is 12.9. The monoisotopic (exact) mass is 1510 g/mol. The first-order valence-electron chi connectivity index (χ1n) is 34.1. The van der Waals surface area contributed by atoms with Gasteiger partial charge in [-0.1, -0.05) is 34.1 Å². The predicted octanol–water partition coefficient (Wildman–Crippen LogP) is 1.59. The van der Waals surface area contributed by atoms with Gasteiger partial charge in [-0.05, 0) is 98.7 Å². The van der Waals surface area contributed by atoms with Crippen LogP contribution >= 0.6 is 15.9 Å². The van der Waals surface area contributed by atoms with E-state index in [0.29, 0.717) is 78.8 Å². The molecule has 0 aromatic carbocycles. The number of rotatable bonds is 19. The zero-order valence-electron chi connectivity index (χ0n) is 62.7. The van der Waals surface area contributed by atoms with E-state index < -0.39 is 46.6 Å². The molecule has 0 fully saturated rings. The fourth-order valence-electron chi connectivity index (χ4n) is 9.61. The molecule has 6 rings (SSSR count). The summed E-state index contributed by atoms with van der Waals surface area (Å²) in [4.78, 5) is 147. The third kappa shape index (κ3) is 41.4. The molecule has 32 nitrogen and oxygen atoms in total. The van der Waals surface area contributed by atoms with Crippen LogP contribution in [0, 0.1) is 0 Å². The van der Waals surface area contributed by atoms with E-state index in [0.717, 1.165) is 73.6 Å². The van der Waals surface area contributed by atoms with Gasteiger partial charge in [0.1, 0.15) is 49.5 Å². The lowest BCUT2D eigenvalue weighted by molar-refractivity contribution is -0.158. The van der Waals surface area contributed by atoms with E-state index in [4.69, 9.17) is 43.6 Å². The number of fused-ring (bicyclic) bond motifs is 6. The van der Waals surface area contributed by atoms with Crippen LogP contribution in [0.15, 0.2) is 54.6 Å². The van der Waals surface area contributed by atoms with E-state index >= 15 is 0 Å². The van der Waals surface area contributed by atoms with Gasteiger partial charge in [-0.3, -0.25) is 82.5 Å². The van der Waals surface area contributed by atoms with Crippen LogP contribution in [0.2, 0.25) is 0 Å². The maximum Gasteiger partial charge on any atom is 0.326 e. The molecule has 33 heteroatoms. The molecular weight excluding hydrogens is 1400 g/mol. The zero-order valence-corrected chi connectivity index (χ0v) is 64.3. The fraction of sp³-hybridized carbons (Fsp3) is 0.643. The molecule has 0 saturated heterocycles. The van der Waals surface area contributed by atoms with Crippen molar-refractivity contribution in [2.24, 2.45) is 0 Å². The summed E-state index contributed by atoms with van der Waals surface area (Å²) >= 11 is 3.02. The van der Waals surface area contributed by atoms with Crippen molar-refractivity contribution in [2.75, 3.05) is 178 Å². The summed E-state index contributed by atoms with van der Waals surface area (Å²) in [5, 5.41) is 24.6. The Bertz CT molecular complexity index is 3020. The van der Waals surface area contributed by atoms with Gasteiger partial charge in [-0.25, -0.2) is 0 Å². The highest BCUT2D eigenvalue weighted by Crippen LogP contribution is 2.15. The number of carbonyl (C=O) groups excluding carboxylic acids is 8. The number of nitrogens with zero attached hydrogens (tertiary/aromatic N) is 12. The van der Waals surface area contributed by atoms with Gasteiger partial charge in [0.25, 0.3) is 0 Å². The van der Waals surface area contributed by atoms with E-state index in [1.807, 2.05) is 68.1 Å². The summed E-state index contributed by atoms with van der Waals surface area (Å²) < 4.78 is 32.7. The molecule has 0 unspecified atom stereocenters. The van der Waals surface area contributed by atoms with E-state index in [2.05, 4.69) is 42.6 Å². The minimum absolute atomic E-state index is 0.0122. The molecule has 0 spiro atoms. The van der Waals surface area contributed by atoms with E-state index in [9.17, 15) is 47.9 Å². The summed E-state index contributed by atoms with van der Waals surface area (Å²) in [6, 6.07) is 17.4. The lowest BCUT2D eigenvalue weighted by atomic mass is 10.2. The number of hydrogen-bond donors (Lipinski definition) is 4. The highest BCUT2D eigenvalue weighted by molar-refractivity contribution is 9.09. The van der Waals surface area contributed by atoms with Crippen molar-refractivity contribution in [3.63, 3.8) is 0 Å². The molecule has 3 aromatic rings. The first kappa shape index (κ1) is 89.5. The standard InChI is InChI=1S/C29H47N5O7.C21H31N5O7.C11H17N3O.C9H16BrNO3/c1-28(2,3)40-26(37)20-31(7)24(35)18-33-12-14-39-15-13-34(17-23-11-9-10-22(16-33)30-23)19-25(36)32(8)21-27(38)41-29(4,5)6;1-23(14-20(29)30)18(27)12-25-6-8-33-9-7-26(13-19(28)24(2)15-21(31)32)11-17-5-3-4-16(10-25)22-17;1-2-10-8-12-4-6-15-7-5-13-9-11(3-1)14-10;1-9(2,3)14-8(13)6-11(4)7(12)5-10/h9-11H,12-21H2,1-8H3;3-5H,6-15H2,1-2H3,(H,29,30)(H,31,32);1-3,12-13H,4-9H2;5-6H2,1-4H3. The number of ether oxygens (including phenoxy) is 6. The number of alkyl halides is 1. The lowest BCUT2D eigenvalue weighted by Crippen LogP contribution is -2.43. The van der Waals surface area contributed by atoms with Crippen LogP contribution in [-0.2, 0) is 116 Å². The average Bonchev–Trinajstić information content (AvgIpc) is 0.870. The molecule has 4 N–H and O–H groups in total. The quantitative estimate of drug-likeness (QED) is 0.0752. The number of carboxylic acids is 2. The molecule has 0 atom stereocenters. The van der Waals surface area contributed by atoms with E-state index in [1.54, 1.807) is 83.5 Å². The summed E-state index contributed by atoms with van der Waals surface area (Å²) in [5.74, 6) is -4.64. The molecule has 0 saturated carbocycles. The third-order valence-corrected chi connectivity index (χ3v) is 15.1. The molecule has 6 heterocycles. The lowest BCUT2D eigenvalue weighted by Gasteiger charge is -2.28. The summed E-state index contributed by atoms with van der Waals surface area (Å²) in [6.07, 6.45) is 0. The molecule has 576 valence electrons. The number of carboxylic acid groups (broad SMARTS) is 2. The third-order valence-electron chi connectivity index (χ3n) is 14.6. The Balaban J connectivity index is 0.000000391. The van der Waals surface area contributed by atoms with Crippen LogP contribution in [-0.4, -0.2) is 324 Å². The molecule has 6 bridgehead atoms. The Hall–Kier alpha value is -7.73. The smallest absolute Gasteiger partial charge is 0.326 e. The highest BCUT2D eigenvalue weighted by Gasteiger charge is 2.27. The Labute approximate surface area is 614 Å². The first-order chi connectivity index (χ1) is 48.3. The van der Waals surface area contributed by atoms with Crippen molar-refractivity contribution in [2.45, 2.75) is 118 Å². The van der Waals surface area contributed by atoms with Gasteiger partial charge in [0.05, 0.1) is 105 Å². The van der Waals surface area contributed by atoms with E-state index in [-0.39, 0.29) is 93.8 Å². The van der Waals surface area contributed by atoms with Crippen molar-refractivity contribution in [1.29, 1.82) is 0 Å². The van der Waals surface area contributed by atoms with Crippen molar-refractivity contribution < 1.29 is 86.6 Å². The number of amides is 5. The number of esters is 3. The largest absolute Gasteiger partial charge is 0.480 e. The average molecular weight is 1520 g/mol. The van der Waals surface area contributed by atoms with Gasteiger partial charge in [0.2, 0.25) is 29.5 Å². The SMILES string of the molecule is CN(CC(=O)O)C(=O)CN1CCOCCN(CC(=O)N(C)CC(=O)O)Cc2cccc(n2)C1.CN(CC(=O)OC(C)(C)C)C(=O)CBr.CN(CC(=O)OC(C)(C)C)C(=O)CN1CCOCCN(CC(=O)N(C)CC(=O)OC(C)(C)C)Cc2cccc(n2)C1.c1cc2nc(c1)CNCCOCCNC2. The number of carbonyl (C=O) groups is 10. The number of halogens is 1. The number of likely N-dealkylation sites (N-methyl/N-ethyl adjacent to an activating group) is 5. The van der Waals surface area contributed by atoms with Crippen molar-refractivity contribution in [1.82, 2.24) is 69.7 Å².